The molecule has 0 radical (unpaired) electrons. The summed E-state index contributed by atoms with van der Waals surface area (Å²) in [6, 6.07) is 17.7. The number of benzene rings is 2. The Balaban J connectivity index is 1.53. The fourth-order valence-electron chi connectivity index (χ4n) is 6.08. The standard InChI is InChI=1S/C27H26N2O2/c1-18(2)22-17-20-8-6-7-19(24(20)25(30)29(22)21-9-4-3-5-10-21)11-13-27(31)23-12-15-28-16-14-26(23,27)28/h3-10,17-18,23,31H,12,14-16H2,1-2H3. The molecule has 0 amide bonds. The van der Waals surface area contributed by atoms with Gasteiger partial charge in [0.05, 0.1) is 10.9 Å². The van der Waals surface area contributed by atoms with E-state index in [1.165, 1.54) is 0 Å². The molecule has 156 valence electrons. The summed E-state index contributed by atoms with van der Waals surface area (Å²) >= 11 is 0. The Bertz CT molecular complexity index is 1330. The van der Waals surface area contributed by atoms with Gasteiger partial charge in [0, 0.05) is 29.4 Å². The number of aliphatic hydroxyl groups is 1. The van der Waals surface area contributed by atoms with E-state index in [4.69, 9.17) is 0 Å². The first-order valence-electron chi connectivity index (χ1n) is 11.2. The average Bonchev–Trinajstić information content (AvgIpc) is 3.20. The van der Waals surface area contributed by atoms with Crippen LogP contribution in [0, 0.1) is 17.8 Å². The third-order valence-electron chi connectivity index (χ3n) is 7.74. The minimum atomic E-state index is -0.929. The Hall–Kier alpha value is -2.87. The highest BCUT2D eigenvalue weighted by Crippen LogP contribution is 2.69. The highest BCUT2D eigenvalue weighted by molar-refractivity contribution is 5.88. The summed E-state index contributed by atoms with van der Waals surface area (Å²) < 4.78 is 1.81. The van der Waals surface area contributed by atoms with Gasteiger partial charge in [-0.1, -0.05) is 56.0 Å². The maximum atomic E-state index is 13.8. The lowest BCUT2D eigenvalue weighted by Gasteiger charge is -2.40. The lowest BCUT2D eigenvalue weighted by Crippen LogP contribution is -2.53. The van der Waals surface area contributed by atoms with Crippen LogP contribution in [-0.2, 0) is 0 Å². The van der Waals surface area contributed by atoms with Gasteiger partial charge in [-0.05, 0) is 55.0 Å². The predicted molar refractivity (Wildman–Crippen MR) is 122 cm³/mol. The third kappa shape index (κ3) is 2.36. The molecule has 4 heteroatoms. The van der Waals surface area contributed by atoms with Crippen molar-refractivity contribution in [2.24, 2.45) is 5.92 Å². The number of nitrogens with zero attached hydrogens (tertiary/aromatic N) is 2. The first-order chi connectivity index (χ1) is 15.0. The van der Waals surface area contributed by atoms with Crippen LogP contribution in [0.3, 0.4) is 0 Å². The minimum Gasteiger partial charge on any atom is -0.375 e. The van der Waals surface area contributed by atoms with Crippen molar-refractivity contribution in [2.75, 3.05) is 13.1 Å². The van der Waals surface area contributed by atoms with Gasteiger partial charge in [0.25, 0.3) is 5.56 Å². The van der Waals surface area contributed by atoms with E-state index in [2.05, 4.69) is 36.7 Å². The van der Waals surface area contributed by atoms with E-state index >= 15 is 0 Å². The molecule has 1 saturated carbocycles. The van der Waals surface area contributed by atoms with E-state index in [0.717, 1.165) is 42.7 Å². The van der Waals surface area contributed by atoms with E-state index in [9.17, 15) is 9.90 Å². The van der Waals surface area contributed by atoms with Crippen molar-refractivity contribution in [3.05, 3.63) is 76.2 Å². The molecule has 1 aliphatic carbocycles. The Morgan fingerprint density at radius 2 is 1.90 bits per heavy atom. The molecule has 1 aromatic heterocycles. The highest BCUT2D eigenvalue weighted by Gasteiger charge is 2.83. The average molecular weight is 411 g/mol. The van der Waals surface area contributed by atoms with E-state index in [1.54, 1.807) is 0 Å². The molecule has 6 rings (SSSR count). The van der Waals surface area contributed by atoms with Crippen LogP contribution in [0.25, 0.3) is 16.5 Å². The Labute approximate surface area is 182 Å². The summed E-state index contributed by atoms with van der Waals surface area (Å²) in [7, 11) is 0. The summed E-state index contributed by atoms with van der Waals surface area (Å²) in [5.41, 5.74) is 1.45. The monoisotopic (exact) mass is 410 g/mol. The maximum Gasteiger partial charge on any atom is 0.264 e. The van der Waals surface area contributed by atoms with E-state index in [0.29, 0.717) is 10.9 Å². The zero-order chi connectivity index (χ0) is 21.4. The Morgan fingerprint density at radius 1 is 1.10 bits per heavy atom. The van der Waals surface area contributed by atoms with Gasteiger partial charge >= 0.3 is 0 Å². The lowest BCUT2D eigenvalue weighted by atomic mass is 9.96. The van der Waals surface area contributed by atoms with E-state index < -0.39 is 5.60 Å². The molecule has 31 heavy (non-hydrogen) atoms. The SMILES string of the molecule is CC(C)c1cc2cccc(C#CC3(O)C4CCN5CCC453)c2c(=O)n1-c1ccccc1. The van der Waals surface area contributed by atoms with Gasteiger partial charge in [-0.2, -0.15) is 0 Å². The molecule has 3 aromatic rings. The summed E-state index contributed by atoms with van der Waals surface area (Å²) in [4.78, 5) is 16.1. The van der Waals surface area contributed by atoms with Crippen LogP contribution in [0.15, 0.2) is 59.4 Å². The van der Waals surface area contributed by atoms with Crippen LogP contribution in [-0.4, -0.2) is 38.8 Å². The summed E-state index contributed by atoms with van der Waals surface area (Å²) in [6.45, 7) is 6.35. The quantitative estimate of drug-likeness (QED) is 0.656. The van der Waals surface area contributed by atoms with Gasteiger partial charge in [-0.3, -0.25) is 14.3 Å². The second kappa shape index (κ2) is 6.32. The summed E-state index contributed by atoms with van der Waals surface area (Å²) in [5.74, 6) is 6.88. The van der Waals surface area contributed by atoms with Crippen LogP contribution in [0.4, 0.5) is 0 Å². The molecule has 2 aromatic carbocycles. The fourth-order valence-corrected chi connectivity index (χ4v) is 6.08. The molecule has 4 nitrogen and oxygen atoms in total. The third-order valence-corrected chi connectivity index (χ3v) is 7.74. The fraction of sp³-hybridized carbons (Fsp3) is 0.370. The van der Waals surface area contributed by atoms with Crippen molar-refractivity contribution in [3.8, 4) is 17.5 Å². The van der Waals surface area contributed by atoms with E-state index in [-0.39, 0.29) is 22.9 Å². The predicted octanol–water partition coefficient (Wildman–Crippen LogP) is 3.67. The zero-order valence-corrected chi connectivity index (χ0v) is 17.9. The second-order valence-corrected chi connectivity index (χ2v) is 9.49. The van der Waals surface area contributed by atoms with E-state index in [1.807, 2.05) is 53.1 Å². The molecule has 3 fully saturated rings. The molecule has 3 unspecified atom stereocenters. The number of aromatic nitrogens is 1. The van der Waals surface area contributed by atoms with Crippen molar-refractivity contribution >= 4 is 10.8 Å². The summed E-state index contributed by atoms with van der Waals surface area (Å²) in [5, 5.41) is 12.8. The van der Waals surface area contributed by atoms with Gasteiger partial charge in [0.2, 0.25) is 0 Å². The van der Waals surface area contributed by atoms with Crippen molar-refractivity contribution in [3.63, 3.8) is 0 Å². The van der Waals surface area contributed by atoms with Crippen LogP contribution in [0.1, 0.15) is 43.9 Å². The normalized spacial score (nSPS) is 28.6. The van der Waals surface area contributed by atoms with Crippen molar-refractivity contribution < 1.29 is 5.11 Å². The first kappa shape index (κ1) is 18.9. The van der Waals surface area contributed by atoms with Crippen LogP contribution >= 0.6 is 0 Å². The maximum absolute atomic E-state index is 13.8. The van der Waals surface area contributed by atoms with Crippen LogP contribution in [0.2, 0.25) is 0 Å². The van der Waals surface area contributed by atoms with Crippen molar-refractivity contribution in [1.82, 2.24) is 9.47 Å². The molecule has 1 spiro atoms. The summed E-state index contributed by atoms with van der Waals surface area (Å²) in [6.07, 6.45) is 2.04. The molecule has 0 bridgehead atoms. The molecule has 3 atom stereocenters. The Morgan fingerprint density at radius 3 is 2.58 bits per heavy atom. The highest BCUT2D eigenvalue weighted by atomic mass is 16.3. The van der Waals surface area contributed by atoms with Crippen LogP contribution < -0.4 is 5.56 Å². The van der Waals surface area contributed by atoms with Crippen molar-refractivity contribution in [1.29, 1.82) is 0 Å². The number of para-hydroxylation sites is 1. The largest absolute Gasteiger partial charge is 0.375 e. The molecule has 2 aliphatic heterocycles. The molecule has 3 heterocycles. The Kier molecular flexibility index (Phi) is 3.85. The van der Waals surface area contributed by atoms with Gasteiger partial charge in [-0.15, -0.1) is 0 Å². The number of piperidine rings is 1. The van der Waals surface area contributed by atoms with Gasteiger partial charge in [0.1, 0.15) is 5.60 Å². The van der Waals surface area contributed by atoms with Gasteiger partial charge < -0.3 is 5.11 Å². The topological polar surface area (TPSA) is 45.5 Å². The minimum absolute atomic E-state index is 0.0521. The first-order valence-corrected chi connectivity index (χ1v) is 11.2. The molecule has 1 N–H and O–H groups in total. The van der Waals surface area contributed by atoms with Gasteiger partial charge in [0.15, 0.2) is 0 Å². The number of pyridine rings is 1. The van der Waals surface area contributed by atoms with Gasteiger partial charge in [-0.25, -0.2) is 0 Å². The number of hydrogen-bond acceptors (Lipinski definition) is 3. The van der Waals surface area contributed by atoms with Crippen molar-refractivity contribution in [2.45, 2.75) is 43.7 Å². The molecule has 2 saturated heterocycles. The number of hydrogen-bond donors (Lipinski definition) is 1. The zero-order valence-electron chi connectivity index (χ0n) is 17.9. The lowest BCUT2D eigenvalue weighted by molar-refractivity contribution is 0.0164. The molecular weight excluding hydrogens is 384 g/mol. The van der Waals surface area contributed by atoms with Crippen LogP contribution in [0.5, 0.6) is 0 Å². The smallest absolute Gasteiger partial charge is 0.264 e. The molecule has 3 aliphatic rings. The molecular formula is C27H26N2O2. The number of rotatable bonds is 2. The number of fused-ring (bicyclic) bond motifs is 1. The second-order valence-electron chi connectivity index (χ2n) is 9.49.